The zero-order valence-electron chi connectivity index (χ0n) is 12.3. The molecule has 1 aromatic carbocycles. The van der Waals surface area contributed by atoms with Crippen molar-refractivity contribution in [3.63, 3.8) is 0 Å². The van der Waals surface area contributed by atoms with E-state index >= 15 is 0 Å². The SMILES string of the molecule is Cc1cccnc1CN(C)S(=O)(=O)c1ccc2nc[nH]c2c1. The second-order valence-corrected chi connectivity index (χ2v) is 7.15. The number of aryl methyl sites for hydroxylation is 1. The highest BCUT2D eigenvalue weighted by atomic mass is 32.2. The first-order valence-electron chi connectivity index (χ1n) is 6.78. The van der Waals surface area contributed by atoms with Crippen LogP contribution in [0.3, 0.4) is 0 Å². The van der Waals surface area contributed by atoms with E-state index in [0.29, 0.717) is 5.52 Å². The van der Waals surface area contributed by atoms with Crippen molar-refractivity contribution in [1.29, 1.82) is 0 Å². The molecular formula is C15H16N4O2S. The zero-order valence-corrected chi connectivity index (χ0v) is 13.1. The molecule has 0 fully saturated rings. The predicted molar refractivity (Wildman–Crippen MR) is 83.7 cm³/mol. The molecule has 3 rings (SSSR count). The molecule has 3 aromatic rings. The van der Waals surface area contributed by atoms with Gasteiger partial charge in [-0.2, -0.15) is 4.31 Å². The molecule has 0 aliphatic carbocycles. The van der Waals surface area contributed by atoms with Gasteiger partial charge in [0.25, 0.3) is 0 Å². The first-order valence-corrected chi connectivity index (χ1v) is 8.22. The number of rotatable bonds is 4. The van der Waals surface area contributed by atoms with E-state index in [1.54, 1.807) is 37.8 Å². The van der Waals surface area contributed by atoms with Gasteiger partial charge in [0.15, 0.2) is 0 Å². The van der Waals surface area contributed by atoms with Crippen molar-refractivity contribution < 1.29 is 8.42 Å². The van der Waals surface area contributed by atoms with Gasteiger partial charge in [-0.05, 0) is 36.8 Å². The minimum Gasteiger partial charge on any atom is -0.345 e. The van der Waals surface area contributed by atoms with Crippen LogP contribution in [0, 0.1) is 6.92 Å². The van der Waals surface area contributed by atoms with Gasteiger partial charge in [0, 0.05) is 13.2 Å². The number of sulfonamides is 1. The molecule has 2 aromatic heterocycles. The molecule has 0 aliphatic rings. The van der Waals surface area contributed by atoms with E-state index in [9.17, 15) is 8.42 Å². The smallest absolute Gasteiger partial charge is 0.243 e. The van der Waals surface area contributed by atoms with Gasteiger partial charge in [-0.25, -0.2) is 13.4 Å². The van der Waals surface area contributed by atoms with Gasteiger partial charge in [-0.1, -0.05) is 6.07 Å². The lowest BCUT2D eigenvalue weighted by Crippen LogP contribution is -2.27. The maximum Gasteiger partial charge on any atom is 0.243 e. The topological polar surface area (TPSA) is 79.0 Å². The second-order valence-electron chi connectivity index (χ2n) is 5.11. The summed E-state index contributed by atoms with van der Waals surface area (Å²) < 4.78 is 26.7. The zero-order chi connectivity index (χ0) is 15.7. The van der Waals surface area contributed by atoms with E-state index in [-0.39, 0.29) is 11.4 Å². The Kier molecular flexibility index (Phi) is 3.67. The van der Waals surface area contributed by atoms with Crippen molar-refractivity contribution in [2.24, 2.45) is 0 Å². The van der Waals surface area contributed by atoms with E-state index < -0.39 is 10.0 Å². The standard InChI is InChI=1S/C15H16N4O2S/c1-11-4-3-7-16-15(11)9-19(2)22(20,21)12-5-6-13-14(8-12)18-10-17-13/h3-8,10H,9H2,1-2H3,(H,17,18). The van der Waals surface area contributed by atoms with Crippen LogP contribution in [0.5, 0.6) is 0 Å². The predicted octanol–water partition coefficient (Wildman–Crippen LogP) is 2.09. The van der Waals surface area contributed by atoms with Gasteiger partial charge >= 0.3 is 0 Å². The van der Waals surface area contributed by atoms with Crippen molar-refractivity contribution in [1.82, 2.24) is 19.3 Å². The highest BCUT2D eigenvalue weighted by Gasteiger charge is 2.22. The molecular weight excluding hydrogens is 300 g/mol. The number of hydrogen-bond acceptors (Lipinski definition) is 4. The number of nitrogens with one attached hydrogen (secondary N) is 1. The third-order valence-corrected chi connectivity index (χ3v) is 5.39. The first kappa shape index (κ1) is 14.7. The molecule has 0 bridgehead atoms. The van der Waals surface area contributed by atoms with Crippen molar-refractivity contribution in [2.45, 2.75) is 18.4 Å². The lowest BCUT2D eigenvalue weighted by atomic mass is 10.2. The number of nitrogens with zero attached hydrogens (tertiary/aromatic N) is 3. The Balaban J connectivity index is 1.93. The number of aromatic amines is 1. The number of benzene rings is 1. The lowest BCUT2D eigenvalue weighted by Gasteiger charge is -2.17. The first-order chi connectivity index (χ1) is 10.5. The highest BCUT2D eigenvalue weighted by molar-refractivity contribution is 7.89. The van der Waals surface area contributed by atoms with Gasteiger partial charge in [-0.3, -0.25) is 4.98 Å². The monoisotopic (exact) mass is 316 g/mol. The van der Waals surface area contributed by atoms with Crippen LogP contribution in [-0.4, -0.2) is 34.7 Å². The molecule has 6 nitrogen and oxygen atoms in total. The van der Waals surface area contributed by atoms with E-state index in [1.165, 1.54) is 4.31 Å². The summed E-state index contributed by atoms with van der Waals surface area (Å²) in [7, 11) is -2.02. The number of aromatic nitrogens is 3. The number of pyridine rings is 1. The lowest BCUT2D eigenvalue weighted by molar-refractivity contribution is 0.461. The van der Waals surface area contributed by atoms with Gasteiger partial charge in [0.1, 0.15) is 0 Å². The number of fused-ring (bicyclic) bond motifs is 1. The number of imidazole rings is 1. The van der Waals surface area contributed by atoms with Gasteiger partial charge in [-0.15, -0.1) is 0 Å². The Morgan fingerprint density at radius 2 is 2.05 bits per heavy atom. The van der Waals surface area contributed by atoms with Crippen molar-refractivity contribution in [3.05, 3.63) is 54.1 Å². The summed E-state index contributed by atoms with van der Waals surface area (Å²) in [6.45, 7) is 2.15. The minimum atomic E-state index is -3.58. The summed E-state index contributed by atoms with van der Waals surface area (Å²) in [4.78, 5) is 11.5. The van der Waals surface area contributed by atoms with Crippen LogP contribution in [-0.2, 0) is 16.6 Å². The van der Waals surface area contributed by atoms with Crippen LogP contribution in [0.4, 0.5) is 0 Å². The second kappa shape index (κ2) is 5.51. The van der Waals surface area contributed by atoms with Crippen LogP contribution in [0.15, 0.2) is 47.8 Å². The maximum atomic E-state index is 12.7. The number of H-pyrrole nitrogens is 1. The van der Waals surface area contributed by atoms with Gasteiger partial charge in [0.05, 0.1) is 34.5 Å². The van der Waals surface area contributed by atoms with E-state index in [0.717, 1.165) is 16.8 Å². The van der Waals surface area contributed by atoms with Crippen molar-refractivity contribution in [3.8, 4) is 0 Å². The molecule has 0 saturated heterocycles. The fraction of sp³-hybridized carbons (Fsp3) is 0.200. The quantitative estimate of drug-likeness (QED) is 0.799. The Bertz CT molecular complexity index is 918. The van der Waals surface area contributed by atoms with Crippen LogP contribution < -0.4 is 0 Å². The fourth-order valence-electron chi connectivity index (χ4n) is 2.23. The average Bonchev–Trinajstić information content (AvgIpc) is 2.97. The minimum absolute atomic E-state index is 0.232. The summed E-state index contributed by atoms with van der Waals surface area (Å²) >= 11 is 0. The fourth-order valence-corrected chi connectivity index (χ4v) is 3.39. The Labute approximate surface area is 128 Å². The molecule has 0 atom stereocenters. The molecule has 0 aliphatic heterocycles. The van der Waals surface area contributed by atoms with Crippen molar-refractivity contribution >= 4 is 21.1 Å². The summed E-state index contributed by atoms with van der Waals surface area (Å²) in [5.74, 6) is 0. The van der Waals surface area contributed by atoms with Gasteiger partial charge < -0.3 is 4.98 Å². The van der Waals surface area contributed by atoms with Crippen LogP contribution in [0.25, 0.3) is 11.0 Å². The average molecular weight is 316 g/mol. The Morgan fingerprint density at radius 1 is 1.23 bits per heavy atom. The molecule has 0 amide bonds. The Hall–Kier alpha value is -2.25. The molecule has 0 radical (unpaired) electrons. The molecule has 1 N–H and O–H groups in total. The summed E-state index contributed by atoms with van der Waals surface area (Å²) in [6, 6.07) is 8.61. The van der Waals surface area contributed by atoms with Crippen molar-refractivity contribution in [2.75, 3.05) is 7.05 Å². The summed E-state index contributed by atoms with van der Waals surface area (Å²) in [6.07, 6.45) is 3.21. The van der Waals surface area contributed by atoms with Crippen LogP contribution in [0.2, 0.25) is 0 Å². The van der Waals surface area contributed by atoms with Gasteiger partial charge in [0.2, 0.25) is 10.0 Å². The van der Waals surface area contributed by atoms with Crippen LogP contribution in [0.1, 0.15) is 11.3 Å². The normalized spacial score (nSPS) is 12.1. The Morgan fingerprint density at radius 3 is 2.82 bits per heavy atom. The third-order valence-electron chi connectivity index (χ3n) is 3.59. The maximum absolute atomic E-state index is 12.7. The number of hydrogen-bond donors (Lipinski definition) is 1. The molecule has 2 heterocycles. The largest absolute Gasteiger partial charge is 0.345 e. The third kappa shape index (κ3) is 2.60. The molecule has 7 heteroatoms. The molecule has 114 valence electrons. The summed E-state index contributed by atoms with van der Waals surface area (Å²) in [5, 5.41) is 0. The highest BCUT2D eigenvalue weighted by Crippen LogP contribution is 2.20. The summed E-state index contributed by atoms with van der Waals surface area (Å²) in [5.41, 5.74) is 3.15. The molecule has 22 heavy (non-hydrogen) atoms. The van der Waals surface area contributed by atoms with E-state index in [4.69, 9.17) is 0 Å². The molecule has 0 spiro atoms. The molecule has 0 unspecified atom stereocenters. The van der Waals surface area contributed by atoms with E-state index in [1.807, 2.05) is 19.1 Å². The van der Waals surface area contributed by atoms with Crippen LogP contribution >= 0.6 is 0 Å². The molecule has 0 saturated carbocycles. The van der Waals surface area contributed by atoms with E-state index in [2.05, 4.69) is 15.0 Å².